The highest BCUT2D eigenvalue weighted by Gasteiger charge is 2.12. The van der Waals surface area contributed by atoms with Gasteiger partial charge >= 0.3 is 0 Å². The normalized spacial score (nSPS) is 12.3. The summed E-state index contributed by atoms with van der Waals surface area (Å²) in [6.07, 6.45) is 2.95. The van der Waals surface area contributed by atoms with Gasteiger partial charge in [0.15, 0.2) is 0 Å². The Kier molecular flexibility index (Phi) is 5.94. The van der Waals surface area contributed by atoms with Gasteiger partial charge in [0.25, 0.3) is 0 Å². The summed E-state index contributed by atoms with van der Waals surface area (Å²) in [6.45, 7) is 5.29. The maximum absolute atomic E-state index is 13.4. The van der Waals surface area contributed by atoms with Crippen LogP contribution in [0.25, 0.3) is 0 Å². The Hall–Kier alpha value is -1.67. The SMILES string of the molecule is CCCNC(Cc1cccc(F)c1)c1ccc(CC)cc1. The van der Waals surface area contributed by atoms with Crippen molar-refractivity contribution in [3.8, 4) is 0 Å². The summed E-state index contributed by atoms with van der Waals surface area (Å²) in [7, 11) is 0. The van der Waals surface area contributed by atoms with E-state index in [1.807, 2.05) is 6.07 Å². The molecule has 0 aliphatic heterocycles. The molecule has 0 aliphatic carbocycles. The summed E-state index contributed by atoms with van der Waals surface area (Å²) in [5.41, 5.74) is 3.65. The lowest BCUT2D eigenvalue weighted by Gasteiger charge is -2.19. The van der Waals surface area contributed by atoms with Crippen LogP contribution in [-0.2, 0) is 12.8 Å². The van der Waals surface area contributed by atoms with E-state index in [0.717, 1.165) is 31.4 Å². The molecule has 1 nitrogen and oxygen atoms in total. The van der Waals surface area contributed by atoms with Crippen LogP contribution in [0, 0.1) is 5.82 Å². The molecule has 2 heteroatoms. The predicted octanol–water partition coefficient (Wildman–Crippen LogP) is 4.67. The smallest absolute Gasteiger partial charge is 0.123 e. The van der Waals surface area contributed by atoms with Crippen molar-refractivity contribution in [3.05, 3.63) is 71.0 Å². The molecule has 0 heterocycles. The minimum atomic E-state index is -0.164. The minimum Gasteiger partial charge on any atom is -0.310 e. The van der Waals surface area contributed by atoms with Gasteiger partial charge in [-0.15, -0.1) is 0 Å². The lowest BCUT2D eigenvalue weighted by Crippen LogP contribution is -2.24. The quantitative estimate of drug-likeness (QED) is 0.779. The molecule has 0 saturated carbocycles. The lowest BCUT2D eigenvalue weighted by molar-refractivity contribution is 0.527. The fourth-order valence-corrected chi connectivity index (χ4v) is 2.51. The molecule has 0 aromatic heterocycles. The van der Waals surface area contributed by atoms with Crippen molar-refractivity contribution in [1.29, 1.82) is 0 Å². The third-order valence-electron chi connectivity index (χ3n) is 3.76. The third kappa shape index (κ3) is 4.68. The fourth-order valence-electron chi connectivity index (χ4n) is 2.51. The Labute approximate surface area is 127 Å². The molecule has 21 heavy (non-hydrogen) atoms. The van der Waals surface area contributed by atoms with Gasteiger partial charge < -0.3 is 5.32 Å². The summed E-state index contributed by atoms with van der Waals surface area (Å²) >= 11 is 0. The Morgan fingerprint density at radius 1 is 1.00 bits per heavy atom. The van der Waals surface area contributed by atoms with Crippen molar-refractivity contribution in [1.82, 2.24) is 5.32 Å². The highest BCUT2D eigenvalue weighted by atomic mass is 19.1. The van der Waals surface area contributed by atoms with Crippen molar-refractivity contribution in [2.24, 2.45) is 0 Å². The average Bonchev–Trinajstić information content (AvgIpc) is 2.51. The van der Waals surface area contributed by atoms with Gasteiger partial charge in [-0.3, -0.25) is 0 Å². The predicted molar refractivity (Wildman–Crippen MR) is 87.0 cm³/mol. The zero-order valence-electron chi connectivity index (χ0n) is 12.9. The molecular formula is C19H24FN. The summed E-state index contributed by atoms with van der Waals surface area (Å²) in [5, 5.41) is 3.57. The zero-order chi connectivity index (χ0) is 15.1. The van der Waals surface area contributed by atoms with Crippen LogP contribution in [-0.4, -0.2) is 6.54 Å². The summed E-state index contributed by atoms with van der Waals surface area (Å²) in [6, 6.07) is 15.9. The molecular weight excluding hydrogens is 261 g/mol. The molecule has 1 N–H and O–H groups in total. The van der Waals surface area contributed by atoms with E-state index in [0.29, 0.717) is 0 Å². The molecule has 2 aromatic rings. The van der Waals surface area contributed by atoms with Crippen LogP contribution < -0.4 is 5.32 Å². The van der Waals surface area contributed by atoms with Crippen LogP contribution in [0.2, 0.25) is 0 Å². The topological polar surface area (TPSA) is 12.0 Å². The number of nitrogens with one attached hydrogen (secondary N) is 1. The minimum absolute atomic E-state index is 0.164. The maximum atomic E-state index is 13.4. The second kappa shape index (κ2) is 7.94. The van der Waals surface area contributed by atoms with Crippen molar-refractivity contribution in [2.45, 2.75) is 39.2 Å². The van der Waals surface area contributed by atoms with Gasteiger partial charge in [-0.1, -0.05) is 50.2 Å². The zero-order valence-corrected chi connectivity index (χ0v) is 12.9. The summed E-state index contributed by atoms with van der Waals surface area (Å²) in [5.74, 6) is -0.164. The monoisotopic (exact) mass is 285 g/mol. The Morgan fingerprint density at radius 3 is 2.38 bits per heavy atom. The number of aryl methyl sites for hydroxylation is 1. The molecule has 1 unspecified atom stereocenters. The van der Waals surface area contributed by atoms with E-state index < -0.39 is 0 Å². The standard InChI is InChI=1S/C19H24FN/c1-3-12-21-19(14-16-6-5-7-18(20)13-16)17-10-8-15(4-2)9-11-17/h5-11,13,19,21H,3-4,12,14H2,1-2H3. The fraction of sp³-hybridized carbons (Fsp3) is 0.368. The number of hydrogen-bond acceptors (Lipinski definition) is 1. The van der Waals surface area contributed by atoms with E-state index in [9.17, 15) is 4.39 Å². The second-order valence-corrected chi connectivity index (χ2v) is 5.44. The average molecular weight is 285 g/mol. The molecule has 1 atom stereocenters. The van der Waals surface area contributed by atoms with E-state index in [1.54, 1.807) is 12.1 Å². The van der Waals surface area contributed by atoms with E-state index >= 15 is 0 Å². The molecule has 0 saturated heterocycles. The van der Waals surface area contributed by atoms with Crippen molar-refractivity contribution >= 4 is 0 Å². The maximum Gasteiger partial charge on any atom is 0.123 e. The van der Waals surface area contributed by atoms with Gasteiger partial charge in [0.1, 0.15) is 5.82 Å². The Morgan fingerprint density at radius 2 is 1.76 bits per heavy atom. The van der Waals surface area contributed by atoms with E-state index in [4.69, 9.17) is 0 Å². The lowest BCUT2D eigenvalue weighted by atomic mass is 9.97. The van der Waals surface area contributed by atoms with Crippen LogP contribution in [0.3, 0.4) is 0 Å². The molecule has 0 fully saturated rings. The number of hydrogen-bond donors (Lipinski definition) is 1. The first-order valence-corrected chi connectivity index (χ1v) is 7.79. The van der Waals surface area contributed by atoms with Crippen LogP contribution in [0.4, 0.5) is 4.39 Å². The Bertz CT molecular complexity index is 548. The molecule has 2 rings (SSSR count). The second-order valence-electron chi connectivity index (χ2n) is 5.44. The number of halogens is 1. The van der Waals surface area contributed by atoms with Crippen molar-refractivity contribution in [3.63, 3.8) is 0 Å². The molecule has 0 bridgehead atoms. The van der Waals surface area contributed by atoms with Crippen molar-refractivity contribution in [2.75, 3.05) is 6.54 Å². The molecule has 0 amide bonds. The van der Waals surface area contributed by atoms with Gasteiger partial charge in [-0.2, -0.15) is 0 Å². The number of rotatable bonds is 7. The number of benzene rings is 2. The van der Waals surface area contributed by atoms with Gasteiger partial charge in [0.2, 0.25) is 0 Å². The molecule has 112 valence electrons. The van der Waals surface area contributed by atoms with Crippen LogP contribution in [0.15, 0.2) is 48.5 Å². The molecule has 0 radical (unpaired) electrons. The van der Waals surface area contributed by atoms with Gasteiger partial charge in [0, 0.05) is 6.04 Å². The van der Waals surface area contributed by atoms with Gasteiger partial charge in [0.05, 0.1) is 0 Å². The third-order valence-corrected chi connectivity index (χ3v) is 3.76. The van der Waals surface area contributed by atoms with Gasteiger partial charge in [-0.05, 0) is 54.6 Å². The first kappa shape index (κ1) is 15.7. The summed E-state index contributed by atoms with van der Waals surface area (Å²) < 4.78 is 13.4. The van der Waals surface area contributed by atoms with Crippen LogP contribution >= 0.6 is 0 Å². The van der Waals surface area contributed by atoms with E-state index in [1.165, 1.54) is 17.2 Å². The van der Waals surface area contributed by atoms with Crippen molar-refractivity contribution < 1.29 is 4.39 Å². The molecule has 0 aliphatic rings. The van der Waals surface area contributed by atoms with E-state index in [2.05, 4.69) is 43.4 Å². The van der Waals surface area contributed by atoms with Crippen LogP contribution in [0.1, 0.15) is 43.0 Å². The van der Waals surface area contributed by atoms with Gasteiger partial charge in [-0.25, -0.2) is 4.39 Å². The Balaban J connectivity index is 2.16. The highest BCUT2D eigenvalue weighted by molar-refractivity contribution is 5.27. The van der Waals surface area contributed by atoms with Crippen LogP contribution in [0.5, 0.6) is 0 Å². The highest BCUT2D eigenvalue weighted by Crippen LogP contribution is 2.20. The van der Waals surface area contributed by atoms with E-state index in [-0.39, 0.29) is 11.9 Å². The largest absolute Gasteiger partial charge is 0.310 e. The molecule has 0 spiro atoms. The first-order chi connectivity index (χ1) is 10.2. The molecule has 2 aromatic carbocycles. The first-order valence-electron chi connectivity index (χ1n) is 7.79. The summed E-state index contributed by atoms with van der Waals surface area (Å²) in [4.78, 5) is 0.